The van der Waals surface area contributed by atoms with Crippen LogP contribution in [0.3, 0.4) is 0 Å². The second-order valence-corrected chi connectivity index (χ2v) is 4.53. The molecule has 12 heavy (non-hydrogen) atoms. The molecule has 0 aromatic carbocycles. The molecule has 1 heterocycles. The van der Waals surface area contributed by atoms with Crippen molar-refractivity contribution in [3.8, 4) is 0 Å². The van der Waals surface area contributed by atoms with Crippen LogP contribution in [0.25, 0.3) is 0 Å². The average Bonchev–Trinajstić information content (AvgIpc) is 2.61. The van der Waals surface area contributed by atoms with E-state index in [-0.39, 0.29) is 5.41 Å². The van der Waals surface area contributed by atoms with Gasteiger partial charge in [0.05, 0.1) is 6.61 Å². The van der Waals surface area contributed by atoms with Crippen molar-refractivity contribution in [2.75, 3.05) is 11.9 Å². The van der Waals surface area contributed by atoms with Crippen molar-refractivity contribution in [3.05, 3.63) is 0 Å². The van der Waals surface area contributed by atoms with Crippen LogP contribution in [0.1, 0.15) is 19.3 Å². The van der Waals surface area contributed by atoms with E-state index in [9.17, 15) is 8.78 Å². The topological polar surface area (TPSA) is 9.23 Å². The second kappa shape index (κ2) is 2.64. The van der Waals surface area contributed by atoms with Crippen LogP contribution in [-0.4, -0.2) is 24.0 Å². The maximum absolute atomic E-state index is 12.6. The summed E-state index contributed by atoms with van der Waals surface area (Å²) in [5.41, 5.74) is -1.08. The summed E-state index contributed by atoms with van der Waals surface area (Å²) in [5.74, 6) is 0. The van der Waals surface area contributed by atoms with Gasteiger partial charge in [-0.3, -0.25) is 0 Å². The lowest BCUT2D eigenvalue weighted by Gasteiger charge is -2.26. The molecule has 1 saturated heterocycles. The van der Waals surface area contributed by atoms with Gasteiger partial charge in [0.1, 0.15) is 5.60 Å². The van der Waals surface area contributed by atoms with Crippen molar-refractivity contribution >= 4 is 15.9 Å². The Hall–Kier alpha value is 0.300. The van der Waals surface area contributed by atoms with Gasteiger partial charge >= 0.3 is 0 Å². The molecule has 70 valence electrons. The Labute approximate surface area is 78.6 Å². The predicted molar refractivity (Wildman–Crippen MR) is 44.8 cm³/mol. The summed E-state index contributed by atoms with van der Waals surface area (Å²) in [6.45, 7) is 0.503. The highest BCUT2D eigenvalue weighted by Crippen LogP contribution is 2.55. The molecular weight excluding hydrogens is 230 g/mol. The number of rotatable bonds is 2. The molecule has 0 aromatic rings. The van der Waals surface area contributed by atoms with E-state index in [0.29, 0.717) is 19.4 Å². The van der Waals surface area contributed by atoms with Crippen LogP contribution >= 0.6 is 15.9 Å². The Bertz CT molecular complexity index is 187. The van der Waals surface area contributed by atoms with Gasteiger partial charge in [0.15, 0.2) is 0 Å². The van der Waals surface area contributed by atoms with E-state index in [4.69, 9.17) is 4.74 Å². The maximum Gasteiger partial charge on any atom is 0.267 e. The van der Waals surface area contributed by atoms with Gasteiger partial charge in [-0.25, -0.2) is 8.78 Å². The summed E-state index contributed by atoms with van der Waals surface area (Å²) in [4.78, 5) is 0. The molecule has 0 radical (unpaired) electrons. The highest BCUT2D eigenvalue weighted by Gasteiger charge is 2.59. The quantitative estimate of drug-likeness (QED) is 0.675. The van der Waals surface area contributed by atoms with Crippen molar-refractivity contribution in [1.29, 1.82) is 0 Å². The second-order valence-electron chi connectivity index (χ2n) is 3.96. The summed E-state index contributed by atoms with van der Waals surface area (Å²) in [5, 5.41) is 0.786. The van der Waals surface area contributed by atoms with E-state index in [1.807, 2.05) is 0 Å². The number of alkyl halides is 3. The molecule has 2 bridgehead atoms. The monoisotopic (exact) mass is 240 g/mol. The Morgan fingerprint density at radius 1 is 1.42 bits per heavy atom. The minimum atomic E-state index is -2.32. The first kappa shape index (κ1) is 8.88. The largest absolute Gasteiger partial charge is 0.368 e. The SMILES string of the molecule is FC(F)C12CCC(CBr)(CO1)C2. The molecule has 1 nitrogen and oxygen atoms in total. The van der Waals surface area contributed by atoms with E-state index in [0.717, 1.165) is 11.8 Å². The first-order chi connectivity index (χ1) is 5.63. The van der Waals surface area contributed by atoms with Gasteiger partial charge in [0, 0.05) is 10.7 Å². The number of ether oxygens (including phenoxy) is 1. The summed E-state index contributed by atoms with van der Waals surface area (Å²) in [7, 11) is 0. The molecule has 2 rings (SSSR count). The third-order valence-electron chi connectivity index (χ3n) is 3.10. The molecule has 0 N–H and O–H groups in total. The molecule has 2 atom stereocenters. The van der Waals surface area contributed by atoms with Gasteiger partial charge in [0.25, 0.3) is 6.43 Å². The molecule has 0 spiro atoms. The fraction of sp³-hybridized carbons (Fsp3) is 1.00. The maximum atomic E-state index is 12.6. The molecule has 2 fully saturated rings. The molecule has 1 saturated carbocycles. The first-order valence-corrected chi connectivity index (χ1v) is 5.23. The highest BCUT2D eigenvalue weighted by molar-refractivity contribution is 9.09. The lowest BCUT2D eigenvalue weighted by atomic mass is 9.90. The van der Waals surface area contributed by atoms with Gasteiger partial charge in [-0.1, -0.05) is 15.9 Å². The molecule has 2 unspecified atom stereocenters. The smallest absolute Gasteiger partial charge is 0.267 e. The fourth-order valence-electron chi connectivity index (χ4n) is 2.23. The Morgan fingerprint density at radius 2 is 2.17 bits per heavy atom. The van der Waals surface area contributed by atoms with Gasteiger partial charge in [-0.15, -0.1) is 0 Å². The molecule has 0 amide bonds. The summed E-state index contributed by atoms with van der Waals surface area (Å²) >= 11 is 3.37. The van der Waals surface area contributed by atoms with E-state index in [1.54, 1.807) is 0 Å². The zero-order valence-corrected chi connectivity index (χ0v) is 8.24. The van der Waals surface area contributed by atoms with Crippen molar-refractivity contribution in [1.82, 2.24) is 0 Å². The minimum absolute atomic E-state index is 0.0103. The van der Waals surface area contributed by atoms with Gasteiger partial charge in [0.2, 0.25) is 0 Å². The molecule has 1 aliphatic heterocycles. The molecule has 2 aliphatic rings. The van der Waals surface area contributed by atoms with Crippen molar-refractivity contribution in [3.63, 3.8) is 0 Å². The number of hydrogen-bond donors (Lipinski definition) is 0. The third kappa shape index (κ3) is 1.04. The van der Waals surface area contributed by atoms with Crippen LogP contribution in [0.4, 0.5) is 8.78 Å². The van der Waals surface area contributed by atoms with Crippen molar-refractivity contribution in [2.24, 2.45) is 5.41 Å². The van der Waals surface area contributed by atoms with Gasteiger partial charge in [-0.2, -0.15) is 0 Å². The van der Waals surface area contributed by atoms with Crippen LogP contribution in [-0.2, 0) is 4.74 Å². The zero-order chi connectivity index (χ0) is 8.82. The van der Waals surface area contributed by atoms with Crippen LogP contribution in [0.2, 0.25) is 0 Å². The van der Waals surface area contributed by atoms with Crippen LogP contribution in [0.5, 0.6) is 0 Å². The first-order valence-electron chi connectivity index (χ1n) is 4.11. The van der Waals surface area contributed by atoms with E-state index in [2.05, 4.69) is 15.9 Å². The number of fused-ring (bicyclic) bond motifs is 2. The van der Waals surface area contributed by atoms with Crippen LogP contribution in [0, 0.1) is 5.41 Å². The summed E-state index contributed by atoms with van der Waals surface area (Å²) in [6, 6.07) is 0. The lowest BCUT2D eigenvalue weighted by molar-refractivity contribution is -0.120. The summed E-state index contributed by atoms with van der Waals surface area (Å²) in [6.07, 6.45) is -0.386. The Balaban J connectivity index is 2.17. The van der Waals surface area contributed by atoms with E-state index < -0.39 is 12.0 Å². The Morgan fingerprint density at radius 3 is 2.42 bits per heavy atom. The molecule has 0 aromatic heterocycles. The standard InChI is InChI=1S/C8H11BrF2O/c9-4-7-1-2-8(3-7,6(10)11)12-5-7/h6H,1-5H2. The van der Waals surface area contributed by atoms with Crippen LogP contribution in [0.15, 0.2) is 0 Å². The predicted octanol–water partition coefficient (Wildman–Crippen LogP) is 2.59. The number of halogens is 3. The fourth-order valence-corrected chi connectivity index (χ4v) is 2.87. The van der Waals surface area contributed by atoms with Crippen LogP contribution < -0.4 is 0 Å². The molecule has 1 aliphatic carbocycles. The molecular formula is C8H11BrF2O. The zero-order valence-electron chi connectivity index (χ0n) is 6.66. The normalized spacial score (nSPS) is 46.0. The van der Waals surface area contributed by atoms with Gasteiger partial charge in [-0.05, 0) is 19.3 Å². The average molecular weight is 241 g/mol. The highest BCUT2D eigenvalue weighted by atomic mass is 79.9. The third-order valence-corrected chi connectivity index (χ3v) is 4.29. The molecule has 4 heteroatoms. The van der Waals surface area contributed by atoms with Gasteiger partial charge < -0.3 is 4.74 Å². The number of hydrogen-bond acceptors (Lipinski definition) is 1. The van der Waals surface area contributed by atoms with E-state index >= 15 is 0 Å². The Kier molecular flexibility index (Phi) is 1.96. The van der Waals surface area contributed by atoms with Crippen molar-refractivity contribution in [2.45, 2.75) is 31.3 Å². The minimum Gasteiger partial charge on any atom is -0.368 e. The van der Waals surface area contributed by atoms with Crippen molar-refractivity contribution < 1.29 is 13.5 Å². The van der Waals surface area contributed by atoms with E-state index in [1.165, 1.54) is 0 Å². The lowest BCUT2D eigenvalue weighted by Crippen LogP contribution is -2.35. The summed E-state index contributed by atoms with van der Waals surface area (Å²) < 4.78 is 30.4.